The molecule has 2 aliphatic carbocycles. The first kappa shape index (κ1) is 16.2. The molecule has 5 heteroatoms. The van der Waals surface area contributed by atoms with Crippen molar-refractivity contribution in [3.8, 4) is 0 Å². The lowest BCUT2D eigenvalue weighted by molar-refractivity contribution is 0.104. The molecule has 118 valence electrons. The van der Waals surface area contributed by atoms with Crippen LogP contribution in [-0.2, 0) is 9.84 Å². The van der Waals surface area contributed by atoms with Gasteiger partial charge in [0.2, 0.25) is 0 Å². The van der Waals surface area contributed by atoms with E-state index in [0.717, 1.165) is 25.7 Å². The maximum atomic E-state index is 11.8. The van der Waals surface area contributed by atoms with Crippen LogP contribution in [-0.4, -0.2) is 57.0 Å². The molecular formula is C15H30N2O2S. The summed E-state index contributed by atoms with van der Waals surface area (Å²) < 4.78 is 23.6. The second kappa shape index (κ2) is 6.75. The molecule has 4 nitrogen and oxygen atoms in total. The quantitative estimate of drug-likeness (QED) is 0.860. The van der Waals surface area contributed by atoms with Gasteiger partial charge < -0.3 is 10.2 Å². The highest BCUT2D eigenvalue weighted by Gasteiger charge is 2.34. The Kier molecular flexibility index (Phi) is 5.49. The van der Waals surface area contributed by atoms with E-state index in [-0.39, 0.29) is 5.25 Å². The molecule has 2 aliphatic rings. The number of nitrogens with one attached hydrogen (secondary N) is 1. The molecule has 0 spiro atoms. The van der Waals surface area contributed by atoms with Gasteiger partial charge in [0.25, 0.3) is 0 Å². The van der Waals surface area contributed by atoms with Gasteiger partial charge in [-0.1, -0.05) is 6.42 Å². The lowest BCUT2D eigenvalue weighted by Gasteiger charge is -2.42. The second-order valence-corrected chi connectivity index (χ2v) is 9.06. The molecule has 0 aromatic rings. The average molecular weight is 302 g/mol. The number of sulfone groups is 1. The molecule has 0 bridgehead atoms. The predicted molar refractivity (Wildman–Crippen MR) is 83.8 cm³/mol. The third kappa shape index (κ3) is 3.95. The smallest absolute Gasteiger partial charge is 0.150 e. The van der Waals surface area contributed by atoms with E-state index in [4.69, 9.17) is 0 Å². The third-order valence-electron chi connectivity index (χ3n) is 5.46. The third-order valence-corrected chi connectivity index (χ3v) is 7.10. The van der Waals surface area contributed by atoms with Crippen molar-refractivity contribution in [3.63, 3.8) is 0 Å². The molecule has 2 unspecified atom stereocenters. The first-order chi connectivity index (χ1) is 9.41. The van der Waals surface area contributed by atoms with Gasteiger partial charge in [0.05, 0.1) is 5.25 Å². The fourth-order valence-electron chi connectivity index (χ4n) is 3.95. The van der Waals surface area contributed by atoms with Gasteiger partial charge in [0.1, 0.15) is 9.84 Å². The van der Waals surface area contributed by atoms with Gasteiger partial charge >= 0.3 is 0 Å². The number of rotatable bonds is 4. The zero-order chi connectivity index (χ0) is 14.8. The Hall–Kier alpha value is -0.130. The highest BCUT2D eigenvalue weighted by molar-refractivity contribution is 7.91. The van der Waals surface area contributed by atoms with Gasteiger partial charge in [0, 0.05) is 24.4 Å². The molecule has 2 atom stereocenters. The van der Waals surface area contributed by atoms with Gasteiger partial charge in [-0.15, -0.1) is 0 Å². The lowest BCUT2D eigenvalue weighted by Crippen LogP contribution is -2.47. The van der Waals surface area contributed by atoms with E-state index in [1.54, 1.807) is 0 Å². The maximum absolute atomic E-state index is 11.8. The van der Waals surface area contributed by atoms with Crippen molar-refractivity contribution < 1.29 is 8.42 Å². The Labute approximate surface area is 124 Å². The van der Waals surface area contributed by atoms with Crippen LogP contribution in [0, 0.1) is 0 Å². The number of nitrogens with zero attached hydrogens (tertiary/aromatic N) is 1. The standard InChI is InChI=1S/C15H30N2O2S/c1-16-12-7-9-13(10-8-12)17(2)14-5-4-6-15(11-14)20(3,18)19/h12-16H,4-11H2,1-3H3. The lowest BCUT2D eigenvalue weighted by atomic mass is 9.87. The summed E-state index contributed by atoms with van der Waals surface area (Å²) in [6.45, 7) is 0. The highest BCUT2D eigenvalue weighted by atomic mass is 32.2. The van der Waals surface area contributed by atoms with Crippen LogP contribution >= 0.6 is 0 Å². The number of hydrogen-bond donors (Lipinski definition) is 1. The predicted octanol–water partition coefficient (Wildman–Crippen LogP) is 1.80. The van der Waals surface area contributed by atoms with Gasteiger partial charge in [-0.2, -0.15) is 0 Å². The van der Waals surface area contributed by atoms with Gasteiger partial charge in [-0.25, -0.2) is 8.42 Å². The van der Waals surface area contributed by atoms with Crippen molar-refractivity contribution >= 4 is 9.84 Å². The summed E-state index contributed by atoms with van der Waals surface area (Å²) in [4.78, 5) is 2.49. The Bertz CT molecular complexity index is 402. The van der Waals surface area contributed by atoms with Crippen LogP contribution in [0.1, 0.15) is 51.4 Å². The minimum absolute atomic E-state index is 0.114. The molecule has 0 aromatic carbocycles. The Morgan fingerprint density at radius 1 is 1.00 bits per heavy atom. The molecule has 0 heterocycles. The maximum Gasteiger partial charge on any atom is 0.150 e. The molecule has 2 saturated carbocycles. The van der Waals surface area contributed by atoms with Crippen LogP contribution in [0.5, 0.6) is 0 Å². The van der Waals surface area contributed by atoms with E-state index >= 15 is 0 Å². The summed E-state index contributed by atoms with van der Waals surface area (Å²) in [5.74, 6) is 0. The largest absolute Gasteiger partial charge is 0.317 e. The van der Waals surface area contributed by atoms with Crippen LogP contribution in [0.3, 0.4) is 0 Å². The van der Waals surface area contributed by atoms with Crippen molar-refractivity contribution in [2.75, 3.05) is 20.4 Å². The summed E-state index contributed by atoms with van der Waals surface area (Å²) in [6.07, 6.45) is 10.3. The summed E-state index contributed by atoms with van der Waals surface area (Å²) in [6, 6.07) is 1.78. The SMILES string of the molecule is CNC1CCC(N(C)C2CCCC(S(C)(=O)=O)C2)CC1. The zero-order valence-electron chi connectivity index (χ0n) is 13.1. The minimum atomic E-state index is -2.87. The van der Waals surface area contributed by atoms with Crippen molar-refractivity contribution in [2.45, 2.75) is 74.7 Å². The Morgan fingerprint density at radius 2 is 1.65 bits per heavy atom. The fourth-order valence-corrected chi connectivity index (χ4v) is 5.12. The molecule has 2 fully saturated rings. The Morgan fingerprint density at radius 3 is 2.20 bits per heavy atom. The van der Waals surface area contributed by atoms with Crippen molar-refractivity contribution in [1.82, 2.24) is 10.2 Å². The summed E-state index contributed by atoms with van der Waals surface area (Å²) in [5, 5.41) is 3.26. The summed E-state index contributed by atoms with van der Waals surface area (Å²) in [5.41, 5.74) is 0. The number of hydrogen-bond acceptors (Lipinski definition) is 4. The average Bonchev–Trinajstić information content (AvgIpc) is 2.46. The van der Waals surface area contributed by atoms with E-state index in [9.17, 15) is 8.42 Å². The van der Waals surface area contributed by atoms with Crippen molar-refractivity contribution in [1.29, 1.82) is 0 Å². The molecule has 1 N–H and O–H groups in total. The van der Waals surface area contributed by atoms with E-state index in [1.165, 1.54) is 31.9 Å². The molecule has 0 radical (unpaired) electrons. The van der Waals surface area contributed by atoms with Crippen LogP contribution in [0.15, 0.2) is 0 Å². The van der Waals surface area contributed by atoms with E-state index < -0.39 is 9.84 Å². The minimum Gasteiger partial charge on any atom is -0.317 e. The fraction of sp³-hybridized carbons (Fsp3) is 1.00. The molecule has 20 heavy (non-hydrogen) atoms. The highest BCUT2D eigenvalue weighted by Crippen LogP contribution is 2.31. The summed E-state index contributed by atoms with van der Waals surface area (Å²) >= 11 is 0. The van der Waals surface area contributed by atoms with E-state index in [0.29, 0.717) is 18.1 Å². The van der Waals surface area contributed by atoms with E-state index in [1.807, 2.05) is 7.05 Å². The van der Waals surface area contributed by atoms with Crippen LogP contribution < -0.4 is 5.32 Å². The Balaban J connectivity index is 1.90. The molecule has 0 aromatic heterocycles. The zero-order valence-corrected chi connectivity index (χ0v) is 14.0. The molecule has 0 aliphatic heterocycles. The van der Waals surface area contributed by atoms with Crippen LogP contribution in [0.25, 0.3) is 0 Å². The normalized spacial score (nSPS) is 36.2. The first-order valence-electron chi connectivity index (χ1n) is 8.00. The second-order valence-electron chi connectivity index (χ2n) is 6.73. The summed E-state index contributed by atoms with van der Waals surface area (Å²) in [7, 11) is 1.38. The molecule has 0 saturated heterocycles. The molecule has 2 rings (SSSR count). The first-order valence-corrected chi connectivity index (χ1v) is 9.95. The van der Waals surface area contributed by atoms with Gasteiger partial charge in [-0.05, 0) is 59.0 Å². The van der Waals surface area contributed by atoms with Crippen LogP contribution in [0.2, 0.25) is 0 Å². The van der Waals surface area contributed by atoms with Crippen LogP contribution in [0.4, 0.5) is 0 Å². The molecule has 0 amide bonds. The van der Waals surface area contributed by atoms with Crippen molar-refractivity contribution in [3.05, 3.63) is 0 Å². The van der Waals surface area contributed by atoms with Gasteiger partial charge in [-0.3, -0.25) is 0 Å². The molecular weight excluding hydrogens is 272 g/mol. The van der Waals surface area contributed by atoms with Gasteiger partial charge in [0.15, 0.2) is 0 Å². The van der Waals surface area contributed by atoms with E-state index in [2.05, 4.69) is 17.3 Å². The monoisotopic (exact) mass is 302 g/mol. The van der Waals surface area contributed by atoms with Crippen molar-refractivity contribution in [2.24, 2.45) is 0 Å². The topological polar surface area (TPSA) is 49.4 Å².